The minimum atomic E-state index is -3.04. The Labute approximate surface area is 110 Å². The van der Waals surface area contributed by atoms with Crippen molar-refractivity contribution in [3.05, 3.63) is 0 Å². The number of aliphatic hydroxyl groups is 1. The lowest BCUT2D eigenvalue weighted by molar-refractivity contribution is 0.0793. The summed E-state index contributed by atoms with van der Waals surface area (Å²) in [7, 11) is 1.03. The first kappa shape index (κ1) is 14.2. The molecule has 2 fully saturated rings. The van der Waals surface area contributed by atoms with Gasteiger partial charge in [0, 0.05) is 6.54 Å². The molecular weight excluding hydrogens is 252 g/mol. The molecule has 0 aliphatic carbocycles. The van der Waals surface area contributed by atoms with E-state index in [0.29, 0.717) is 5.92 Å². The van der Waals surface area contributed by atoms with Crippen LogP contribution < -0.4 is 0 Å². The van der Waals surface area contributed by atoms with Gasteiger partial charge in [-0.05, 0) is 45.9 Å². The maximum absolute atomic E-state index is 11.5. The second-order valence-corrected chi connectivity index (χ2v) is 8.05. The Morgan fingerprint density at radius 2 is 1.89 bits per heavy atom. The van der Waals surface area contributed by atoms with Crippen molar-refractivity contribution in [1.29, 1.82) is 0 Å². The second-order valence-electron chi connectivity index (χ2n) is 5.90. The van der Waals surface area contributed by atoms with Gasteiger partial charge >= 0.3 is 0 Å². The summed E-state index contributed by atoms with van der Waals surface area (Å²) in [5.41, 5.74) is 0. The van der Waals surface area contributed by atoms with Crippen molar-refractivity contribution in [3.63, 3.8) is 0 Å². The maximum Gasteiger partial charge on any atom is 0.154 e. The van der Waals surface area contributed by atoms with Crippen LogP contribution in [-0.4, -0.2) is 80.7 Å². The van der Waals surface area contributed by atoms with E-state index in [-0.39, 0.29) is 17.5 Å². The van der Waals surface area contributed by atoms with Crippen LogP contribution in [0.15, 0.2) is 0 Å². The topological polar surface area (TPSA) is 60.9 Å². The van der Waals surface area contributed by atoms with E-state index in [4.69, 9.17) is 0 Å². The smallest absolute Gasteiger partial charge is 0.154 e. The van der Waals surface area contributed by atoms with Crippen molar-refractivity contribution in [2.24, 2.45) is 5.92 Å². The third kappa shape index (κ3) is 3.44. The predicted molar refractivity (Wildman–Crippen MR) is 71.3 cm³/mol. The van der Waals surface area contributed by atoms with Crippen LogP contribution >= 0.6 is 0 Å². The molecule has 2 saturated heterocycles. The highest BCUT2D eigenvalue weighted by atomic mass is 32.2. The summed E-state index contributed by atoms with van der Waals surface area (Å²) in [5.74, 6) is 0.661. The van der Waals surface area contributed by atoms with Crippen molar-refractivity contribution in [2.45, 2.75) is 25.0 Å². The maximum atomic E-state index is 11.5. The van der Waals surface area contributed by atoms with Crippen LogP contribution in [-0.2, 0) is 9.84 Å². The number of likely N-dealkylation sites (tertiary alicyclic amines) is 1. The molecule has 18 heavy (non-hydrogen) atoms. The molecule has 6 heteroatoms. The number of sulfone groups is 1. The molecule has 2 heterocycles. The van der Waals surface area contributed by atoms with E-state index >= 15 is 0 Å². The van der Waals surface area contributed by atoms with Gasteiger partial charge < -0.3 is 10.0 Å². The van der Waals surface area contributed by atoms with Gasteiger partial charge in [-0.1, -0.05) is 0 Å². The zero-order valence-corrected chi connectivity index (χ0v) is 12.1. The lowest BCUT2D eigenvalue weighted by atomic mass is 9.96. The van der Waals surface area contributed by atoms with Crippen molar-refractivity contribution in [2.75, 3.05) is 45.2 Å². The number of hydrogen-bond acceptors (Lipinski definition) is 5. The molecule has 2 rings (SSSR count). The van der Waals surface area contributed by atoms with E-state index in [9.17, 15) is 13.5 Å². The normalized spacial score (nSPS) is 34.2. The molecule has 2 aliphatic heterocycles. The average Bonchev–Trinajstić information content (AvgIpc) is 2.55. The van der Waals surface area contributed by atoms with Gasteiger partial charge in [-0.25, -0.2) is 8.42 Å². The fourth-order valence-corrected chi connectivity index (χ4v) is 4.89. The molecule has 0 bridgehead atoms. The van der Waals surface area contributed by atoms with Gasteiger partial charge in [0.1, 0.15) is 0 Å². The van der Waals surface area contributed by atoms with Crippen LogP contribution in [0.4, 0.5) is 0 Å². The highest BCUT2D eigenvalue weighted by molar-refractivity contribution is 7.91. The largest absolute Gasteiger partial charge is 0.390 e. The SMILES string of the molecule is CN1CCC(CN(C)C2CS(=O)(=O)CC2O)CC1. The molecule has 0 radical (unpaired) electrons. The fraction of sp³-hybridized carbons (Fsp3) is 1.00. The van der Waals surface area contributed by atoms with E-state index in [1.165, 1.54) is 0 Å². The minimum Gasteiger partial charge on any atom is -0.390 e. The minimum absolute atomic E-state index is 0.0740. The summed E-state index contributed by atoms with van der Waals surface area (Å²) < 4.78 is 23.0. The van der Waals surface area contributed by atoms with E-state index in [0.717, 1.165) is 32.5 Å². The van der Waals surface area contributed by atoms with Gasteiger partial charge in [0.2, 0.25) is 0 Å². The van der Waals surface area contributed by atoms with Gasteiger partial charge in [-0.3, -0.25) is 4.90 Å². The molecule has 0 aromatic carbocycles. The summed E-state index contributed by atoms with van der Waals surface area (Å²) >= 11 is 0. The van der Waals surface area contributed by atoms with Gasteiger partial charge in [0.15, 0.2) is 9.84 Å². The quantitative estimate of drug-likeness (QED) is 0.747. The number of aliphatic hydroxyl groups excluding tert-OH is 1. The average molecular weight is 276 g/mol. The second kappa shape index (κ2) is 5.45. The van der Waals surface area contributed by atoms with E-state index in [1.807, 2.05) is 11.9 Å². The lowest BCUT2D eigenvalue weighted by Crippen LogP contribution is -2.44. The molecule has 0 spiro atoms. The van der Waals surface area contributed by atoms with Crippen LogP contribution in [0.25, 0.3) is 0 Å². The van der Waals surface area contributed by atoms with Crippen molar-refractivity contribution < 1.29 is 13.5 Å². The molecule has 2 atom stereocenters. The Morgan fingerprint density at radius 3 is 2.39 bits per heavy atom. The van der Waals surface area contributed by atoms with Gasteiger partial charge in [0.25, 0.3) is 0 Å². The first-order valence-electron chi connectivity index (χ1n) is 6.64. The number of nitrogens with zero attached hydrogens (tertiary/aromatic N) is 2. The molecule has 106 valence electrons. The Bertz CT molecular complexity index is 377. The number of hydrogen-bond donors (Lipinski definition) is 1. The molecule has 2 aliphatic rings. The summed E-state index contributed by atoms with van der Waals surface area (Å²) in [6, 6.07) is -0.213. The zero-order chi connectivity index (χ0) is 13.3. The number of likely N-dealkylation sites (N-methyl/N-ethyl adjacent to an activating group) is 1. The Hall–Kier alpha value is -0.170. The van der Waals surface area contributed by atoms with Crippen molar-refractivity contribution in [3.8, 4) is 0 Å². The Kier molecular flexibility index (Phi) is 4.31. The van der Waals surface area contributed by atoms with Crippen LogP contribution in [0.1, 0.15) is 12.8 Å². The van der Waals surface area contributed by atoms with E-state index < -0.39 is 15.9 Å². The van der Waals surface area contributed by atoms with Crippen LogP contribution in [0.2, 0.25) is 0 Å². The molecule has 5 nitrogen and oxygen atoms in total. The molecule has 1 N–H and O–H groups in total. The number of piperidine rings is 1. The molecule has 0 aromatic rings. The lowest BCUT2D eigenvalue weighted by Gasteiger charge is -2.34. The Morgan fingerprint density at radius 1 is 1.28 bits per heavy atom. The van der Waals surface area contributed by atoms with Gasteiger partial charge in [0.05, 0.1) is 23.7 Å². The monoisotopic (exact) mass is 276 g/mol. The highest BCUT2D eigenvalue weighted by Gasteiger charge is 2.39. The predicted octanol–water partition coefficient (Wildman–Crippen LogP) is -0.582. The fourth-order valence-electron chi connectivity index (χ4n) is 3.02. The first-order valence-corrected chi connectivity index (χ1v) is 8.47. The van der Waals surface area contributed by atoms with Crippen LogP contribution in [0, 0.1) is 5.92 Å². The number of rotatable bonds is 3. The standard InChI is InChI=1S/C12H24N2O3S/c1-13-5-3-10(4-6-13)7-14(2)11-8-18(16,17)9-12(11)15/h10-12,15H,3-9H2,1-2H3. The Balaban J connectivity index is 1.86. The third-order valence-corrected chi connectivity index (χ3v) is 5.94. The van der Waals surface area contributed by atoms with Crippen molar-refractivity contribution >= 4 is 9.84 Å². The van der Waals surface area contributed by atoms with Gasteiger partial charge in [-0.15, -0.1) is 0 Å². The van der Waals surface area contributed by atoms with E-state index in [2.05, 4.69) is 11.9 Å². The molecule has 0 saturated carbocycles. The zero-order valence-electron chi connectivity index (χ0n) is 11.2. The summed E-state index contributed by atoms with van der Waals surface area (Å²) in [4.78, 5) is 4.37. The summed E-state index contributed by atoms with van der Waals surface area (Å²) in [6.07, 6.45) is 1.61. The summed E-state index contributed by atoms with van der Waals surface area (Å²) in [5, 5.41) is 9.84. The molecule has 0 aromatic heterocycles. The molecular formula is C12H24N2O3S. The highest BCUT2D eigenvalue weighted by Crippen LogP contribution is 2.22. The third-order valence-electron chi connectivity index (χ3n) is 4.24. The van der Waals surface area contributed by atoms with Gasteiger partial charge in [-0.2, -0.15) is 0 Å². The summed E-state index contributed by atoms with van der Waals surface area (Å²) in [6.45, 7) is 3.12. The first-order chi connectivity index (χ1) is 8.37. The molecule has 2 unspecified atom stereocenters. The molecule has 0 amide bonds. The van der Waals surface area contributed by atoms with E-state index in [1.54, 1.807) is 0 Å². The van der Waals surface area contributed by atoms with Crippen molar-refractivity contribution in [1.82, 2.24) is 9.80 Å². The van der Waals surface area contributed by atoms with Crippen LogP contribution in [0.3, 0.4) is 0 Å². The van der Waals surface area contributed by atoms with Crippen LogP contribution in [0.5, 0.6) is 0 Å².